The molecule has 1 saturated heterocycles. The number of hydrazine groups is 1. The molecule has 3 aromatic rings. The lowest BCUT2D eigenvalue weighted by atomic mass is 9.99. The van der Waals surface area contributed by atoms with Gasteiger partial charge >= 0.3 is 5.91 Å². The molecule has 0 bridgehead atoms. The summed E-state index contributed by atoms with van der Waals surface area (Å²) in [6.45, 7) is 0. The number of halogens is 1. The van der Waals surface area contributed by atoms with Crippen LogP contribution in [-0.4, -0.2) is 43.0 Å². The Morgan fingerprint density at radius 2 is 1.52 bits per heavy atom. The number of nitrogens with one attached hydrogen (secondary N) is 2. The van der Waals surface area contributed by atoms with E-state index in [2.05, 4.69) is 10.7 Å². The quantitative estimate of drug-likeness (QED) is 0.569. The van der Waals surface area contributed by atoms with Crippen LogP contribution in [0.5, 0.6) is 11.5 Å². The first-order chi connectivity index (χ1) is 16.0. The van der Waals surface area contributed by atoms with Crippen molar-refractivity contribution in [2.24, 2.45) is 0 Å². The van der Waals surface area contributed by atoms with Gasteiger partial charge in [-0.1, -0.05) is 0 Å². The van der Waals surface area contributed by atoms with Crippen LogP contribution >= 0.6 is 0 Å². The van der Waals surface area contributed by atoms with E-state index in [0.29, 0.717) is 11.5 Å². The number of benzene rings is 3. The fourth-order valence-corrected chi connectivity index (χ4v) is 3.66. The molecule has 168 valence electrons. The predicted octanol–water partition coefficient (Wildman–Crippen LogP) is 2.86. The molecular weight excluding hydrogens is 425 g/mol. The summed E-state index contributed by atoms with van der Waals surface area (Å²) in [6.07, 6.45) is 1.79. The van der Waals surface area contributed by atoms with Gasteiger partial charge in [-0.05, 0) is 72.8 Å². The monoisotopic (exact) mass is 448 g/mol. The molecule has 4 rings (SSSR count). The maximum atomic E-state index is 13.2. The Morgan fingerprint density at radius 1 is 0.939 bits per heavy atom. The highest BCUT2D eigenvalue weighted by molar-refractivity contribution is 5.98. The molecule has 0 radical (unpaired) electrons. The molecule has 1 fully saturated rings. The number of nitrogens with zero attached hydrogens (tertiary/aromatic N) is 1. The second-order valence-electron chi connectivity index (χ2n) is 7.46. The Kier molecular flexibility index (Phi) is 6.35. The number of carbonyl (C=O) groups excluding carboxylic acids is 2. The van der Waals surface area contributed by atoms with Crippen molar-refractivity contribution in [1.29, 1.82) is 0 Å². The fourth-order valence-electron chi connectivity index (χ4n) is 3.66. The lowest BCUT2D eigenvalue weighted by Gasteiger charge is -2.15. The first kappa shape index (κ1) is 22.0. The summed E-state index contributed by atoms with van der Waals surface area (Å²) in [4.78, 5) is 25.7. The van der Waals surface area contributed by atoms with Crippen LogP contribution in [0.1, 0.15) is 27.5 Å². The van der Waals surface area contributed by atoms with Crippen molar-refractivity contribution >= 4 is 18.0 Å². The molecule has 3 aromatic carbocycles. The number of hydrogen-bond acceptors (Lipinski definition) is 4. The second kappa shape index (κ2) is 9.52. The van der Waals surface area contributed by atoms with E-state index in [1.165, 1.54) is 24.3 Å². The van der Waals surface area contributed by atoms with E-state index in [1.807, 2.05) is 36.4 Å². The maximum Gasteiger partial charge on any atom is 0.304 e. The van der Waals surface area contributed by atoms with Crippen LogP contribution < -0.4 is 20.2 Å². The van der Waals surface area contributed by atoms with E-state index in [1.54, 1.807) is 37.3 Å². The van der Waals surface area contributed by atoms with E-state index in [0.717, 1.165) is 11.1 Å². The highest BCUT2D eigenvalue weighted by Gasteiger charge is 2.47. The van der Waals surface area contributed by atoms with Gasteiger partial charge in [-0.3, -0.25) is 9.59 Å². The summed E-state index contributed by atoms with van der Waals surface area (Å²) in [5.41, 5.74) is 4.71. The number of methoxy groups -OCH3 is 2. The zero-order chi connectivity index (χ0) is 23.4. The number of ether oxygens (including phenoxy) is 2. The molecule has 2 amide bonds. The topological polar surface area (TPSA) is 79.7 Å². The third kappa shape index (κ3) is 4.85. The van der Waals surface area contributed by atoms with Crippen molar-refractivity contribution in [2.45, 2.75) is 12.1 Å². The average molecular weight is 448 g/mol. The van der Waals surface area contributed by atoms with Gasteiger partial charge in [0.15, 0.2) is 6.04 Å². The smallest absolute Gasteiger partial charge is 0.304 e. The number of hydrogen-bond donors (Lipinski definition) is 2. The van der Waals surface area contributed by atoms with Crippen LogP contribution in [0.4, 0.5) is 4.39 Å². The Labute approximate surface area is 190 Å². The SMILES string of the molecule is COc1ccc(/C=[N+]2\NC(=O)[C@H](NC(=O)c3ccc(F)cc3)[C@@H]2c2ccc(OC)cc2)cc1. The van der Waals surface area contributed by atoms with E-state index in [-0.39, 0.29) is 11.5 Å². The normalized spacial score (nSPS) is 18.6. The molecule has 2 atom stereocenters. The maximum absolute atomic E-state index is 13.2. The average Bonchev–Trinajstić information content (AvgIpc) is 3.14. The zero-order valence-electron chi connectivity index (χ0n) is 18.1. The number of rotatable bonds is 6. The van der Waals surface area contributed by atoms with Crippen molar-refractivity contribution in [3.63, 3.8) is 0 Å². The summed E-state index contributed by atoms with van der Waals surface area (Å²) in [5.74, 6) is 0.111. The molecule has 0 aliphatic carbocycles. The Balaban J connectivity index is 1.68. The van der Waals surface area contributed by atoms with Crippen molar-refractivity contribution in [3.8, 4) is 11.5 Å². The minimum Gasteiger partial charge on any atom is -0.497 e. The van der Waals surface area contributed by atoms with Crippen LogP contribution in [0.3, 0.4) is 0 Å². The highest BCUT2D eigenvalue weighted by atomic mass is 19.1. The Hall–Kier alpha value is -4.20. The lowest BCUT2D eigenvalue weighted by molar-refractivity contribution is -0.596. The van der Waals surface area contributed by atoms with Crippen molar-refractivity contribution in [2.75, 3.05) is 14.2 Å². The minimum atomic E-state index is -0.884. The van der Waals surface area contributed by atoms with E-state index >= 15 is 0 Å². The van der Waals surface area contributed by atoms with Gasteiger partial charge in [-0.25, -0.2) is 4.39 Å². The van der Waals surface area contributed by atoms with Crippen LogP contribution in [0.25, 0.3) is 0 Å². The fraction of sp³-hybridized carbons (Fsp3) is 0.160. The number of carbonyl (C=O) groups is 2. The van der Waals surface area contributed by atoms with Gasteiger partial charge in [0.2, 0.25) is 12.3 Å². The first-order valence-corrected chi connectivity index (χ1v) is 10.3. The summed E-state index contributed by atoms with van der Waals surface area (Å²) < 4.78 is 25.4. The summed E-state index contributed by atoms with van der Waals surface area (Å²) in [6, 6.07) is 18.4. The van der Waals surface area contributed by atoms with Gasteiger partial charge in [0.05, 0.1) is 14.2 Å². The predicted molar refractivity (Wildman–Crippen MR) is 120 cm³/mol. The van der Waals surface area contributed by atoms with Crippen molar-refractivity contribution < 1.29 is 28.1 Å². The van der Waals surface area contributed by atoms with Crippen molar-refractivity contribution in [3.05, 3.63) is 95.3 Å². The van der Waals surface area contributed by atoms with E-state index in [9.17, 15) is 14.0 Å². The van der Waals surface area contributed by atoms with Gasteiger partial charge in [0.1, 0.15) is 17.3 Å². The molecular formula is C25H23FN3O4+. The minimum absolute atomic E-state index is 0.260. The molecule has 2 N–H and O–H groups in total. The number of hydrazone groups is 1. The summed E-state index contributed by atoms with van der Waals surface area (Å²) in [7, 11) is 3.17. The van der Waals surface area contributed by atoms with Gasteiger partial charge in [-0.15, -0.1) is 10.1 Å². The first-order valence-electron chi connectivity index (χ1n) is 10.3. The molecule has 1 aliphatic rings. The zero-order valence-corrected chi connectivity index (χ0v) is 18.1. The molecule has 0 saturated carbocycles. The lowest BCUT2D eigenvalue weighted by Crippen LogP contribution is -2.42. The summed E-state index contributed by atoms with van der Waals surface area (Å²) >= 11 is 0. The van der Waals surface area contributed by atoms with E-state index < -0.39 is 23.8 Å². The van der Waals surface area contributed by atoms with E-state index in [4.69, 9.17) is 9.47 Å². The van der Waals surface area contributed by atoms with Crippen LogP contribution in [0.2, 0.25) is 0 Å². The molecule has 0 spiro atoms. The molecule has 1 heterocycles. The molecule has 0 aromatic heterocycles. The molecule has 0 unspecified atom stereocenters. The van der Waals surface area contributed by atoms with Gasteiger partial charge in [0.25, 0.3) is 5.91 Å². The van der Waals surface area contributed by atoms with Crippen LogP contribution in [-0.2, 0) is 4.79 Å². The molecule has 7 nitrogen and oxygen atoms in total. The third-order valence-corrected chi connectivity index (χ3v) is 5.39. The van der Waals surface area contributed by atoms with Crippen LogP contribution in [0.15, 0.2) is 72.8 Å². The standard InChI is InChI=1S/C25H22FN3O4/c1-32-20-11-3-16(4-12-20)15-29-23(17-7-13-21(33-2)14-8-17)22(25(31)28-29)27-24(30)18-5-9-19(26)10-6-18/h3-15,22-23H,1-2H3,(H-,27,28,30,31)/p+1/b29-15-/t22-,23+/m1/s1. The van der Waals surface area contributed by atoms with Crippen molar-refractivity contribution in [1.82, 2.24) is 10.7 Å². The largest absolute Gasteiger partial charge is 0.497 e. The number of amides is 2. The molecule has 8 heteroatoms. The Morgan fingerprint density at radius 3 is 2.09 bits per heavy atom. The highest BCUT2D eigenvalue weighted by Crippen LogP contribution is 2.27. The Bertz CT molecular complexity index is 1180. The third-order valence-electron chi connectivity index (χ3n) is 5.39. The second-order valence-corrected chi connectivity index (χ2v) is 7.46. The summed E-state index contributed by atoms with van der Waals surface area (Å²) in [5, 5.41) is 2.79. The molecule has 33 heavy (non-hydrogen) atoms. The van der Waals surface area contributed by atoms with Crippen LogP contribution in [0, 0.1) is 5.82 Å². The van der Waals surface area contributed by atoms with Gasteiger partial charge in [0, 0.05) is 16.7 Å². The van der Waals surface area contributed by atoms with Gasteiger partial charge < -0.3 is 14.8 Å². The molecule has 1 aliphatic heterocycles. The van der Waals surface area contributed by atoms with Gasteiger partial charge in [-0.2, -0.15) is 0 Å².